The van der Waals surface area contributed by atoms with Crippen molar-refractivity contribution in [3.63, 3.8) is 0 Å². The molecule has 9 heteroatoms. The summed E-state index contributed by atoms with van der Waals surface area (Å²) in [5, 5.41) is 8.56. The number of anilines is 1. The number of aromatic amines is 1. The van der Waals surface area contributed by atoms with Gasteiger partial charge in [-0.05, 0) is 0 Å². The summed E-state index contributed by atoms with van der Waals surface area (Å²) < 4.78 is 6.63. The van der Waals surface area contributed by atoms with E-state index in [-0.39, 0.29) is 68.0 Å². The summed E-state index contributed by atoms with van der Waals surface area (Å²) in [4.78, 5) is 21.6. The van der Waals surface area contributed by atoms with Gasteiger partial charge in [-0.15, -0.1) is 0 Å². The molecule has 0 amide bonds. The topological polar surface area (TPSA) is 119 Å². The molecule has 0 aliphatic heterocycles. The molecule has 0 aromatic carbocycles. The van der Waals surface area contributed by atoms with Crippen LogP contribution in [0.5, 0.6) is 0 Å². The second-order valence-corrected chi connectivity index (χ2v) is 3.10. The van der Waals surface area contributed by atoms with Crippen LogP contribution in [-0.4, -0.2) is 37.8 Å². The van der Waals surface area contributed by atoms with Gasteiger partial charge in [-0.1, -0.05) is 0 Å². The molecule has 0 saturated carbocycles. The molecule has 0 aliphatic carbocycles. The van der Waals surface area contributed by atoms with E-state index >= 15 is 0 Å². The number of aliphatic hydroxyl groups excluding tert-OH is 1. The zero-order chi connectivity index (χ0) is 11.5. The number of H-pyrrole nitrogens is 1. The molecule has 8 nitrogen and oxygen atoms in total. The number of rotatable bonds is 4. The van der Waals surface area contributed by atoms with Gasteiger partial charge in [0.05, 0.1) is 19.5 Å². The Morgan fingerprint density at radius 1 is 1.65 bits per heavy atom. The summed E-state index contributed by atoms with van der Waals surface area (Å²) in [6, 6.07) is 0. The molecular weight excluding hydrogens is 237 g/mol. The standard InChI is InChI=1S/C8H11N5O3.Na.H/c9-8-11-6-5(7(15)12-8)10-3-13(6)4-16-2-1-14;;/h3,14H,1-2,4H2,(H3,9,11,12,15);;/q;+1;-1. The third-order valence-corrected chi connectivity index (χ3v) is 1.96. The molecule has 0 unspecified atom stereocenters. The van der Waals surface area contributed by atoms with E-state index in [2.05, 4.69) is 15.0 Å². The Morgan fingerprint density at radius 3 is 3.12 bits per heavy atom. The van der Waals surface area contributed by atoms with Crippen LogP contribution < -0.4 is 40.9 Å². The molecule has 0 saturated heterocycles. The van der Waals surface area contributed by atoms with Gasteiger partial charge in [-0.2, -0.15) is 4.98 Å². The number of imidazole rings is 1. The van der Waals surface area contributed by atoms with Crippen LogP contribution in [0.1, 0.15) is 1.43 Å². The van der Waals surface area contributed by atoms with Crippen LogP contribution in [0.25, 0.3) is 11.2 Å². The molecule has 0 aliphatic rings. The van der Waals surface area contributed by atoms with E-state index in [1.54, 1.807) is 0 Å². The molecule has 2 rings (SSSR count). The SMILES string of the molecule is Nc1nc2c(ncn2COCCO)c(=O)[nH]1.[H-].[Na+]. The molecule has 0 spiro atoms. The van der Waals surface area contributed by atoms with Crippen LogP contribution in [0.4, 0.5) is 5.95 Å². The number of hydrogen-bond acceptors (Lipinski definition) is 6. The predicted molar refractivity (Wildman–Crippen MR) is 56.7 cm³/mol. The van der Waals surface area contributed by atoms with Crippen molar-refractivity contribution in [1.82, 2.24) is 19.5 Å². The number of nitrogens with zero attached hydrogens (tertiary/aromatic N) is 3. The largest absolute Gasteiger partial charge is 1.00 e. The van der Waals surface area contributed by atoms with Gasteiger partial charge in [-0.25, -0.2) is 4.98 Å². The van der Waals surface area contributed by atoms with Crippen molar-refractivity contribution in [2.75, 3.05) is 18.9 Å². The molecule has 4 N–H and O–H groups in total. The summed E-state index contributed by atoms with van der Waals surface area (Å²) in [5.74, 6) is 0.0291. The Kier molecular flexibility index (Phi) is 5.09. The van der Waals surface area contributed by atoms with Crippen molar-refractivity contribution in [1.29, 1.82) is 0 Å². The van der Waals surface area contributed by atoms with Crippen LogP contribution >= 0.6 is 0 Å². The second kappa shape index (κ2) is 6.12. The van der Waals surface area contributed by atoms with Gasteiger partial charge in [-0.3, -0.25) is 14.3 Å². The van der Waals surface area contributed by atoms with Gasteiger partial charge in [0.1, 0.15) is 6.73 Å². The number of nitrogens with two attached hydrogens (primary N) is 1. The van der Waals surface area contributed by atoms with Crippen molar-refractivity contribution < 1.29 is 40.8 Å². The molecule has 2 aromatic rings. The first-order chi connectivity index (χ1) is 7.72. The van der Waals surface area contributed by atoms with Crippen LogP contribution in [0.15, 0.2) is 11.1 Å². The maximum Gasteiger partial charge on any atom is 1.00 e. The summed E-state index contributed by atoms with van der Waals surface area (Å²) in [5.41, 5.74) is 5.60. The minimum atomic E-state index is -0.386. The summed E-state index contributed by atoms with van der Waals surface area (Å²) in [7, 11) is 0. The fourth-order valence-electron chi connectivity index (χ4n) is 1.29. The monoisotopic (exact) mass is 249 g/mol. The van der Waals surface area contributed by atoms with E-state index in [0.717, 1.165) is 0 Å². The summed E-state index contributed by atoms with van der Waals surface area (Å²) in [6.07, 6.45) is 1.43. The zero-order valence-electron chi connectivity index (χ0n) is 10.4. The average Bonchev–Trinajstić information content (AvgIpc) is 2.62. The van der Waals surface area contributed by atoms with Gasteiger partial charge in [0, 0.05) is 0 Å². The van der Waals surface area contributed by atoms with E-state index in [1.165, 1.54) is 10.9 Å². The molecule has 88 valence electrons. The van der Waals surface area contributed by atoms with Crippen molar-refractivity contribution >= 4 is 17.1 Å². The maximum atomic E-state index is 11.4. The first-order valence-corrected chi connectivity index (χ1v) is 4.61. The minimum Gasteiger partial charge on any atom is -1.00 e. The van der Waals surface area contributed by atoms with E-state index < -0.39 is 0 Å². The summed E-state index contributed by atoms with van der Waals surface area (Å²) >= 11 is 0. The van der Waals surface area contributed by atoms with E-state index in [9.17, 15) is 4.79 Å². The van der Waals surface area contributed by atoms with Crippen molar-refractivity contribution in [3.8, 4) is 0 Å². The first kappa shape index (κ1) is 14.1. The summed E-state index contributed by atoms with van der Waals surface area (Å²) in [6.45, 7) is 0.300. The third kappa shape index (κ3) is 3.05. The molecule has 2 heterocycles. The quantitative estimate of drug-likeness (QED) is 0.373. The Balaban J connectivity index is 0.00000144. The Morgan fingerprint density at radius 2 is 2.41 bits per heavy atom. The zero-order valence-corrected chi connectivity index (χ0v) is 11.4. The van der Waals surface area contributed by atoms with Gasteiger partial charge in [0.2, 0.25) is 5.95 Å². The van der Waals surface area contributed by atoms with Crippen molar-refractivity contribution in [2.24, 2.45) is 0 Å². The van der Waals surface area contributed by atoms with Crippen LogP contribution in [0.2, 0.25) is 0 Å². The second-order valence-electron chi connectivity index (χ2n) is 3.10. The smallest absolute Gasteiger partial charge is 1.00 e. The first-order valence-electron chi connectivity index (χ1n) is 4.61. The molecule has 2 aromatic heterocycles. The molecule has 0 fully saturated rings. The Bertz CT molecular complexity index is 557. The fraction of sp³-hybridized carbons (Fsp3) is 0.375. The normalized spacial score (nSPS) is 10.4. The third-order valence-electron chi connectivity index (χ3n) is 1.96. The number of aromatic nitrogens is 4. The number of nitrogen functional groups attached to an aromatic ring is 1. The van der Waals surface area contributed by atoms with Crippen molar-refractivity contribution in [2.45, 2.75) is 6.73 Å². The van der Waals surface area contributed by atoms with Gasteiger partial charge in [0.15, 0.2) is 11.2 Å². The van der Waals surface area contributed by atoms with E-state index in [1.807, 2.05) is 0 Å². The molecule has 0 bridgehead atoms. The average molecular weight is 249 g/mol. The van der Waals surface area contributed by atoms with Gasteiger partial charge >= 0.3 is 29.6 Å². The van der Waals surface area contributed by atoms with Gasteiger partial charge < -0.3 is 17.0 Å². The molecule has 0 atom stereocenters. The molecular formula is C8H12N5NaO3. The van der Waals surface area contributed by atoms with Crippen molar-refractivity contribution in [3.05, 3.63) is 16.7 Å². The van der Waals surface area contributed by atoms with Crippen LogP contribution in [-0.2, 0) is 11.5 Å². The Labute approximate surface area is 120 Å². The minimum absolute atomic E-state index is 0. The van der Waals surface area contributed by atoms with Crippen LogP contribution in [0, 0.1) is 0 Å². The van der Waals surface area contributed by atoms with Gasteiger partial charge in [0.25, 0.3) is 5.56 Å². The van der Waals surface area contributed by atoms with E-state index in [0.29, 0.717) is 5.65 Å². The number of ether oxygens (including phenoxy) is 1. The Hall–Kier alpha value is -0.930. The number of fused-ring (bicyclic) bond motifs is 1. The number of aliphatic hydroxyl groups is 1. The fourth-order valence-corrected chi connectivity index (χ4v) is 1.29. The number of nitrogens with one attached hydrogen (secondary N) is 1. The maximum absolute atomic E-state index is 11.4. The predicted octanol–water partition coefficient (Wildman–Crippen LogP) is -4.22. The van der Waals surface area contributed by atoms with E-state index in [4.69, 9.17) is 15.6 Å². The molecule has 17 heavy (non-hydrogen) atoms. The van der Waals surface area contributed by atoms with Crippen LogP contribution in [0.3, 0.4) is 0 Å². The number of hydrogen-bond donors (Lipinski definition) is 3. The molecule has 0 radical (unpaired) electrons.